The fourth-order valence-corrected chi connectivity index (χ4v) is 3.13. The second kappa shape index (κ2) is 6.92. The minimum absolute atomic E-state index is 0.0118. The van der Waals surface area contributed by atoms with Crippen molar-refractivity contribution < 1.29 is 9.53 Å². The number of amides is 1. The normalized spacial score (nSPS) is 25.7. The monoisotopic (exact) mass is 290 g/mol. The molecule has 3 unspecified atom stereocenters. The average Bonchev–Trinajstić information content (AvgIpc) is 2.41. The molecule has 4 nitrogen and oxygen atoms in total. The zero-order valence-corrected chi connectivity index (χ0v) is 13.4. The summed E-state index contributed by atoms with van der Waals surface area (Å²) in [6, 6.07) is 3.77. The summed E-state index contributed by atoms with van der Waals surface area (Å²) < 4.78 is 5.70. The highest BCUT2D eigenvalue weighted by Gasteiger charge is 2.33. The van der Waals surface area contributed by atoms with Crippen LogP contribution in [0.1, 0.15) is 45.6 Å². The number of carbonyl (C=O) groups excluding carboxylic acids is 1. The summed E-state index contributed by atoms with van der Waals surface area (Å²) in [5.74, 6) is 2.19. The lowest BCUT2D eigenvalue weighted by atomic mass is 9.75. The van der Waals surface area contributed by atoms with Crippen LogP contribution in [0.5, 0.6) is 0 Å². The summed E-state index contributed by atoms with van der Waals surface area (Å²) in [4.78, 5) is 16.3. The number of hydrogen-bond donors (Lipinski definition) is 1. The smallest absolute Gasteiger partial charge is 0.413 e. The largest absolute Gasteiger partial charge is 0.446 e. The number of ether oxygens (including phenoxy) is 1. The van der Waals surface area contributed by atoms with E-state index in [-0.39, 0.29) is 12.2 Å². The van der Waals surface area contributed by atoms with Crippen LogP contribution in [0, 0.1) is 24.7 Å². The second-order valence-corrected chi connectivity index (χ2v) is 6.56. The molecule has 1 aliphatic carbocycles. The molecule has 1 fully saturated rings. The number of aromatic nitrogens is 1. The number of aryl methyl sites for hydroxylation is 1. The molecule has 0 aliphatic heterocycles. The van der Waals surface area contributed by atoms with Gasteiger partial charge >= 0.3 is 6.09 Å². The molecule has 1 aromatic heterocycles. The van der Waals surface area contributed by atoms with Gasteiger partial charge < -0.3 is 4.74 Å². The minimum Gasteiger partial charge on any atom is -0.446 e. The Kier molecular flexibility index (Phi) is 5.21. The molecule has 1 saturated carbocycles. The van der Waals surface area contributed by atoms with Gasteiger partial charge in [0, 0.05) is 6.20 Å². The molecule has 1 N–H and O–H groups in total. The van der Waals surface area contributed by atoms with Crippen molar-refractivity contribution in [3.8, 4) is 0 Å². The van der Waals surface area contributed by atoms with Crippen LogP contribution in [0.25, 0.3) is 0 Å². The van der Waals surface area contributed by atoms with E-state index in [4.69, 9.17) is 4.74 Å². The molecule has 1 amide bonds. The van der Waals surface area contributed by atoms with Gasteiger partial charge in [-0.15, -0.1) is 0 Å². The van der Waals surface area contributed by atoms with Crippen LogP contribution in [0.2, 0.25) is 0 Å². The lowest BCUT2D eigenvalue weighted by Gasteiger charge is -2.36. The molecule has 1 heterocycles. The zero-order valence-electron chi connectivity index (χ0n) is 13.4. The summed E-state index contributed by atoms with van der Waals surface area (Å²) in [6.45, 7) is 8.56. The summed E-state index contributed by atoms with van der Waals surface area (Å²) >= 11 is 0. The first-order chi connectivity index (χ1) is 9.97. The van der Waals surface area contributed by atoms with Gasteiger partial charge in [0.05, 0.1) is 0 Å². The number of carbonyl (C=O) groups is 1. The number of rotatable bonds is 3. The number of pyridine rings is 1. The van der Waals surface area contributed by atoms with Crippen LogP contribution in [-0.4, -0.2) is 17.2 Å². The molecule has 0 spiro atoms. The van der Waals surface area contributed by atoms with Gasteiger partial charge in [-0.3, -0.25) is 5.32 Å². The third-order valence-electron chi connectivity index (χ3n) is 4.45. The van der Waals surface area contributed by atoms with Crippen LogP contribution in [0.3, 0.4) is 0 Å². The number of hydrogen-bond acceptors (Lipinski definition) is 3. The topological polar surface area (TPSA) is 51.2 Å². The molecule has 116 valence electrons. The van der Waals surface area contributed by atoms with Gasteiger partial charge in [0.2, 0.25) is 0 Å². The van der Waals surface area contributed by atoms with Crippen LogP contribution in [0.15, 0.2) is 18.3 Å². The van der Waals surface area contributed by atoms with Gasteiger partial charge in [-0.1, -0.05) is 33.3 Å². The Balaban J connectivity index is 1.98. The first kappa shape index (κ1) is 15.8. The molecule has 3 atom stereocenters. The van der Waals surface area contributed by atoms with Gasteiger partial charge in [0.15, 0.2) is 0 Å². The average molecular weight is 290 g/mol. The van der Waals surface area contributed by atoms with Crippen LogP contribution >= 0.6 is 0 Å². The lowest BCUT2D eigenvalue weighted by molar-refractivity contribution is 0.0126. The maximum absolute atomic E-state index is 12.1. The molecule has 0 bridgehead atoms. The van der Waals surface area contributed by atoms with Crippen molar-refractivity contribution in [1.82, 2.24) is 4.98 Å². The third kappa shape index (κ3) is 4.19. The van der Waals surface area contributed by atoms with E-state index < -0.39 is 0 Å². The fourth-order valence-electron chi connectivity index (χ4n) is 3.13. The third-order valence-corrected chi connectivity index (χ3v) is 4.45. The van der Waals surface area contributed by atoms with Crippen LogP contribution in [0.4, 0.5) is 10.6 Å². The summed E-state index contributed by atoms with van der Waals surface area (Å²) in [6.07, 6.45) is 4.61. The Labute approximate surface area is 127 Å². The summed E-state index contributed by atoms with van der Waals surface area (Å²) in [7, 11) is 0. The highest BCUT2D eigenvalue weighted by Crippen LogP contribution is 2.35. The fraction of sp³-hybridized carbons (Fsp3) is 0.647. The SMILES string of the molecule is Cc1cccnc1NC(=O)OC1CC(C)CCC1C(C)C. The molecule has 21 heavy (non-hydrogen) atoms. The van der Waals surface area contributed by atoms with Gasteiger partial charge in [0.1, 0.15) is 11.9 Å². The Morgan fingerprint density at radius 3 is 2.86 bits per heavy atom. The van der Waals surface area contributed by atoms with Gasteiger partial charge in [0.25, 0.3) is 0 Å². The molecule has 1 aromatic rings. The van der Waals surface area contributed by atoms with Gasteiger partial charge in [-0.2, -0.15) is 0 Å². The van der Waals surface area contributed by atoms with E-state index in [1.54, 1.807) is 6.20 Å². The van der Waals surface area contributed by atoms with Gasteiger partial charge in [-0.05, 0) is 49.1 Å². The Bertz CT molecular complexity index is 487. The predicted octanol–water partition coefficient (Wildman–Crippen LogP) is 4.40. The van der Waals surface area contributed by atoms with E-state index in [0.717, 1.165) is 18.4 Å². The minimum atomic E-state index is -0.387. The Hall–Kier alpha value is -1.58. The first-order valence-electron chi connectivity index (χ1n) is 7.86. The highest BCUT2D eigenvalue weighted by molar-refractivity contribution is 5.84. The number of nitrogens with one attached hydrogen (secondary N) is 1. The molecule has 0 aromatic carbocycles. The van der Waals surface area contributed by atoms with E-state index in [1.807, 2.05) is 19.1 Å². The molecular formula is C17H26N2O2. The van der Waals surface area contributed by atoms with Gasteiger partial charge in [-0.25, -0.2) is 9.78 Å². The molecule has 0 saturated heterocycles. The van der Waals surface area contributed by atoms with Crippen molar-refractivity contribution in [3.63, 3.8) is 0 Å². The summed E-state index contributed by atoms with van der Waals surface area (Å²) in [5.41, 5.74) is 0.937. The summed E-state index contributed by atoms with van der Waals surface area (Å²) in [5, 5.41) is 2.76. The van der Waals surface area contributed by atoms with E-state index in [2.05, 4.69) is 31.1 Å². The lowest BCUT2D eigenvalue weighted by Crippen LogP contribution is -2.37. The molecule has 1 aliphatic rings. The maximum atomic E-state index is 12.1. The predicted molar refractivity (Wildman–Crippen MR) is 84.2 cm³/mol. The Morgan fingerprint density at radius 2 is 2.19 bits per heavy atom. The second-order valence-electron chi connectivity index (χ2n) is 6.56. The van der Waals surface area contributed by atoms with E-state index >= 15 is 0 Å². The number of nitrogens with zero attached hydrogens (tertiary/aromatic N) is 1. The van der Waals surface area contributed by atoms with E-state index in [1.165, 1.54) is 6.42 Å². The highest BCUT2D eigenvalue weighted by atomic mass is 16.6. The van der Waals surface area contributed by atoms with Crippen molar-refractivity contribution in [2.45, 2.75) is 53.1 Å². The van der Waals surface area contributed by atoms with Crippen molar-refractivity contribution >= 4 is 11.9 Å². The molecule has 4 heteroatoms. The van der Waals surface area contributed by atoms with Crippen LogP contribution < -0.4 is 5.32 Å². The molecular weight excluding hydrogens is 264 g/mol. The van der Waals surface area contributed by atoms with Crippen molar-refractivity contribution in [3.05, 3.63) is 23.9 Å². The molecule has 2 rings (SSSR count). The standard InChI is InChI=1S/C17H26N2O2/c1-11(2)14-8-7-12(3)10-15(14)21-17(20)19-16-13(4)6-5-9-18-16/h5-6,9,11-12,14-15H,7-8,10H2,1-4H3,(H,18,19,20). The van der Waals surface area contributed by atoms with Crippen molar-refractivity contribution in [1.29, 1.82) is 0 Å². The first-order valence-corrected chi connectivity index (χ1v) is 7.86. The van der Waals surface area contributed by atoms with Crippen molar-refractivity contribution in [2.75, 3.05) is 5.32 Å². The van der Waals surface area contributed by atoms with Crippen molar-refractivity contribution in [2.24, 2.45) is 17.8 Å². The Morgan fingerprint density at radius 1 is 1.43 bits per heavy atom. The van der Waals surface area contributed by atoms with Crippen LogP contribution in [-0.2, 0) is 4.74 Å². The molecule has 0 radical (unpaired) electrons. The zero-order chi connectivity index (χ0) is 15.4. The maximum Gasteiger partial charge on any atom is 0.413 e. The number of anilines is 1. The van der Waals surface area contributed by atoms with E-state index in [0.29, 0.717) is 23.6 Å². The quantitative estimate of drug-likeness (QED) is 0.897. The van der Waals surface area contributed by atoms with E-state index in [9.17, 15) is 4.79 Å².